The lowest BCUT2D eigenvalue weighted by Crippen LogP contribution is -2.39. The number of rotatable bonds is 3. The molecule has 0 saturated carbocycles. The molecule has 2 unspecified atom stereocenters. The van der Waals surface area contributed by atoms with E-state index >= 15 is 0 Å². The Hall–Kier alpha value is -0.300. The van der Waals surface area contributed by atoms with Crippen LogP contribution in [0.25, 0.3) is 0 Å². The van der Waals surface area contributed by atoms with Crippen LogP contribution in [0.3, 0.4) is 0 Å². The SMILES string of the molecule is CC(=O)NC1CCN(CC(Br)C(F)(F)F)C1. The summed E-state index contributed by atoms with van der Waals surface area (Å²) in [6.07, 6.45) is -3.51. The molecule has 1 saturated heterocycles. The van der Waals surface area contributed by atoms with Crippen molar-refractivity contribution in [3.8, 4) is 0 Å². The molecule has 0 aromatic heterocycles. The van der Waals surface area contributed by atoms with Crippen LogP contribution >= 0.6 is 15.9 Å². The van der Waals surface area contributed by atoms with Crippen LogP contribution in [0.1, 0.15) is 13.3 Å². The van der Waals surface area contributed by atoms with Gasteiger partial charge in [-0.1, -0.05) is 15.9 Å². The van der Waals surface area contributed by atoms with Gasteiger partial charge in [0, 0.05) is 32.6 Å². The van der Waals surface area contributed by atoms with E-state index in [-0.39, 0.29) is 18.5 Å². The number of amides is 1. The maximum atomic E-state index is 12.3. The minimum Gasteiger partial charge on any atom is -0.352 e. The highest BCUT2D eigenvalue weighted by atomic mass is 79.9. The van der Waals surface area contributed by atoms with Crippen molar-refractivity contribution >= 4 is 21.8 Å². The van der Waals surface area contributed by atoms with Crippen molar-refractivity contribution in [2.45, 2.75) is 30.4 Å². The van der Waals surface area contributed by atoms with Gasteiger partial charge in [0.05, 0.1) is 0 Å². The number of nitrogens with zero attached hydrogens (tertiary/aromatic N) is 1. The Balaban J connectivity index is 2.34. The highest BCUT2D eigenvalue weighted by Crippen LogP contribution is 2.27. The molecule has 7 heteroatoms. The third-order valence-electron chi connectivity index (χ3n) is 2.45. The van der Waals surface area contributed by atoms with Crippen molar-refractivity contribution in [2.24, 2.45) is 0 Å². The average Bonchev–Trinajstić information content (AvgIpc) is 2.49. The molecule has 1 N–H and O–H groups in total. The highest BCUT2D eigenvalue weighted by molar-refractivity contribution is 9.09. The Labute approximate surface area is 100 Å². The molecule has 1 aliphatic rings. The van der Waals surface area contributed by atoms with E-state index in [0.717, 1.165) is 0 Å². The van der Waals surface area contributed by atoms with Crippen LogP contribution in [0.5, 0.6) is 0 Å². The van der Waals surface area contributed by atoms with E-state index in [1.165, 1.54) is 6.92 Å². The lowest BCUT2D eigenvalue weighted by atomic mass is 10.2. The summed E-state index contributed by atoms with van der Waals surface area (Å²) in [5, 5.41) is 2.71. The minimum absolute atomic E-state index is 0.0227. The van der Waals surface area contributed by atoms with Crippen molar-refractivity contribution in [2.75, 3.05) is 19.6 Å². The molecule has 1 amide bonds. The van der Waals surface area contributed by atoms with Gasteiger partial charge in [0.2, 0.25) is 5.91 Å². The van der Waals surface area contributed by atoms with Crippen molar-refractivity contribution in [3.63, 3.8) is 0 Å². The van der Waals surface area contributed by atoms with Crippen LogP contribution in [-0.4, -0.2) is 47.5 Å². The minimum atomic E-state index is -4.22. The Kier molecular flexibility index (Phi) is 4.61. The molecular formula is C9H14BrF3N2O. The first kappa shape index (κ1) is 13.8. The third-order valence-corrected chi connectivity index (χ3v) is 3.26. The largest absolute Gasteiger partial charge is 0.402 e. The van der Waals surface area contributed by atoms with Gasteiger partial charge in [-0.25, -0.2) is 0 Å². The lowest BCUT2D eigenvalue weighted by Gasteiger charge is -2.21. The predicted octanol–water partition coefficient (Wildman–Crippen LogP) is 1.52. The fourth-order valence-corrected chi connectivity index (χ4v) is 2.14. The second-order valence-corrected chi connectivity index (χ2v) is 5.06. The molecule has 0 aromatic rings. The van der Waals surface area contributed by atoms with E-state index in [1.807, 2.05) is 0 Å². The second kappa shape index (κ2) is 5.35. The Morgan fingerprint density at radius 2 is 2.25 bits per heavy atom. The molecule has 0 radical (unpaired) electrons. The van der Waals surface area contributed by atoms with Crippen LogP contribution < -0.4 is 5.32 Å². The summed E-state index contributed by atoms with van der Waals surface area (Å²) in [4.78, 5) is 11.0. The predicted molar refractivity (Wildman–Crippen MR) is 57.4 cm³/mol. The molecule has 1 aliphatic heterocycles. The summed E-state index contributed by atoms with van der Waals surface area (Å²) < 4.78 is 36.8. The summed E-state index contributed by atoms with van der Waals surface area (Å²) in [7, 11) is 0. The topological polar surface area (TPSA) is 32.3 Å². The fourth-order valence-electron chi connectivity index (χ4n) is 1.73. The van der Waals surface area contributed by atoms with Crippen LogP contribution in [0.4, 0.5) is 13.2 Å². The number of nitrogens with one attached hydrogen (secondary N) is 1. The first-order chi connectivity index (χ1) is 7.29. The van der Waals surface area contributed by atoms with Gasteiger partial charge in [0.15, 0.2) is 0 Å². The van der Waals surface area contributed by atoms with Gasteiger partial charge < -0.3 is 5.32 Å². The molecule has 3 nitrogen and oxygen atoms in total. The monoisotopic (exact) mass is 302 g/mol. The van der Waals surface area contributed by atoms with Gasteiger partial charge >= 0.3 is 6.18 Å². The van der Waals surface area contributed by atoms with Gasteiger partial charge in [-0.05, 0) is 6.42 Å². The molecule has 2 atom stereocenters. The molecule has 0 spiro atoms. The number of halogens is 4. The summed E-state index contributed by atoms with van der Waals surface area (Å²) in [5.41, 5.74) is 0. The van der Waals surface area contributed by atoms with Gasteiger partial charge in [0.1, 0.15) is 4.83 Å². The summed E-state index contributed by atoms with van der Waals surface area (Å²) >= 11 is 2.63. The van der Waals surface area contributed by atoms with E-state index in [4.69, 9.17) is 0 Å². The van der Waals surface area contributed by atoms with Gasteiger partial charge in [0.25, 0.3) is 0 Å². The van der Waals surface area contributed by atoms with Crippen molar-refractivity contribution < 1.29 is 18.0 Å². The molecule has 1 fully saturated rings. The number of alkyl halides is 4. The van der Waals surface area contributed by atoms with Crippen molar-refractivity contribution in [1.29, 1.82) is 0 Å². The number of carbonyl (C=O) groups excluding carboxylic acids is 1. The standard InChI is InChI=1S/C9H14BrF3N2O/c1-6(16)14-7-2-3-15(4-7)5-8(10)9(11,12)13/h7-8H,2-5H2,1H3,(H,14,16). The first-order valence-corrected chi connectivity index (χ1v) is 5.91. The van der Waals surface area contributed by atoms with Crippen molar-refractivity contribution in [1.82, 2.24) is 10.2 Å². The van der Waals surface area contributed by atoms with Crippen LogP contribution in [0.15, 0.2) is 0 Å². The molecule has 0 bridgehead atoms. The average molecular weight is 303 g/mol. The van der Waals surface area contributed by atoms with Gasteiger partial charge in [-0.2, -0.15) is 13.2 Å². The van der Waals surface area contributed by atoms with E-state index in [0.29, 0.717) is 19.5 Å². The molecule has 1 rings (SSSR count). The van der Waals surface area contributed by atoms with Gasteiger partial charge in [-0.15, -0.1) is 0 Å². The highest BCUT2D eigenvalue weighted by Gasteiger charge is 2.39. The van der Waals surface area contributed by atoms with E-state index in [9.17, 15) is 18.0 Å². The van der Waals surface area contributed by atoms with E-state index in [2.05, 4.69) is 21.2 Å². The normalized spacial score (nSPS) is 24.4. The smallest absolute Gasteiger partial charge is 0.352 e. The number of hydrogen-bond acceptors (Lipinski definition) is 2. The van der Waals surface area contributed by atoms with E-state index < -0.39 is 11.0 Å². The number of hydrogen-bond donors (Lipinski definition) is 1. The summed E-state index contributed by atoms with van der Waals surface area (Å²) in [6.45, 7) is 2.41. The van der Waals surface area contributed by atoms with Crippen molar-refractivity contribution in [3.05, 3.63) is 0 Å². The van der Waals surface area contributed by atoms with E-state index in [1.54, 1.807) is 4.90 Å². The summed E-state index contributed by atoms with van der Waals surface area (Å²) in [6, 6.07) is -0.0227. The zero-order chi connectivity index (χ0) is 12.3. The summed E-state index contributed by atoms with van der Waals surface area (Å²) in [5.74, 6) is -0.141. The lowest BCUT2D eigenvalue weighted by molar-refractivity contribution is -0.130. The van der Waals surface area contributed by atoms with Crippen LogP contribution in [0.2, 0.25) is 0 Å². The maximum absolute atomic E-state index is 12.3. The Bertz CT molecular complexity index is 260. The zero-order valence-electron chi connectivity index (χ0n) is 8.85. The maximum Gasteiger partial charge on any atom is 0.402 e. The van der Waals surface area contributed by atoms with Crippen LogP contribution in [0, 0.1) is 0 Å². The Morgan fingerprint density at radius 1 is 1.62 bits per heavy atom. The molecule has 1 heterocycles. The second-order valence-electron chi connectivity index (χ2n) is 3.95. The number of likely N-dealkylation sites (tertiary alicyclic amines) is 1. The molecule has 16 heavy (non-hydrogen) atoms. The van der Waals surface area contributed by atoms with Crippen LogP contribution in [-0.2, 0) is 4.79 Å². The quantitative estimate of drug-likeness (QED) is 0.802. The fraction of sp³-hybridized carbons (Fsp3) is 0.889. The molecule has 94 valence electrons. The third kappa shape index (κ3) is 4.29. The molecular weight excluding hydrogens is 289 g/mol. The molecule has 0 aromatic carbocycles. The molecule has 0 aliphatic carbocycles. The van der Waals surface area contributed by atoms with Gasteiger partial charge in [-0.3, -0.25) is 9.69 Å². The first-order valence-electron chi connectivity index (χ1n) is 4.99. The number of carbonyl (C=O) groups is 1. The Morgan fingerprint density at radius 3 is 2.75 bits per heavy atom. The zero-order valence-corrected chi connectivity index (χ0v) is 10.4.